The first kappa shape index (κ1) is 21.1. The Bertz CT molecular complexity index is 1010. The minimum atomic E-state index is -1.14. The number of nitrogens with zero attached hydrogens (tertiary/aromatic N) is 3. The molecule has 3 rings (SSSR count). The third kappa shape index (κ3) is 3.77. The number of piperazine rings is 1. The van der Waals surface area contributed by atoms with Crippen LogP contribution < -0.4 is 0 Å². The number of rotatable bonds is 6. The molecule has 154 valence electrons. The van der Waals surface area contributed by atoms with Crippen molar-refractivity contribution in [3.05, 3.63) is 75.8 Å². The number of amides is 2. The van der Waals surface area contributed by atoms with Crippen LogP contribution in [-0.2, 0) is 22.4 Å². The Kier molecular flexibility index (Phi) is 5.88. The molecule has 1 aliphatic heterocycles. The standard InChI is InChI=1S/C23H23N3O4/c1-4-14-25-21(27)20(15-18-12-8-9-13-19(18)26(29)30)24(3)22(28)23(25,2)16-17-10-6-5-7-11-17/h1,5-13,20H,14-16H2,2-3H3/t20-,23+/m1/s1. The van der Waals surface area contributed by atoms with E-state index in [9.17, 15) is 19.7 Å². The maximum Gasteiger partial charge on any atom is 0.272 e. The third-order valence-corrected chi connectivity index (χ3v) is 5.64. The largest absolute Gasteiger partial charge is 0.331 e. The molecule has 1 aliphatic rings. The van der Waals surface area contributed by atoms with Crippen LogP contribution >= 0.6 is 0 Å². The van der Waals surface area contributed by atoms with Crippen molar-refractivity contribution in [2.45, 2.75) is 31.3 Å². The van der Waals surface area contributed by atoms with Crippen LogP contribution in [-0.4, -0.2) is 51.7 Å². The molecule has 2 atom stereocenters. The van der Waals surface area contributed by atoms with Crippen LogP contribution in [0.2, 0.25) is 0 Å². The van der Waals surface area contributed by atoms with Gasteiger partial charge in [-0.2, -0.15) is 0 Å². The summed E-state index contributed by atoms with van der Waals surface area (Å²) in [6.45, 7) is 1.70. The lowest BCUT2D eigenvalue weighted by Crippen LogP contribution is -2.70. The number of nitro benzene ring substituents is 1. The average molecular weight is 405 g/mol. The molecule has 2 amide bonds. The number of carbonyl (C=O) groups excluding carboxylic acids is 2. The molecule has 0 bridgehead atoms. The SMILES string of the molecule is C#CCN1C(=O)[C@@H](Cc2ccccc2[N+](=O)[O-])N(C)C(=O)[C@]1(C)Cc1ccccc1. The van der Waals surface area contributed by atoms with Gasteiger partial charge < -0.3 is 9.80 Å². The zero-order valence-corrected chi connectivity index (χ0v) is 16.9. The molecule has 2 aromatic rings. The molecule has 7 nitrogen and oxygen atoms in total. The van der Waals surface area contributed by atoms with E-state index in [-0.39, 0.29) is 30.5 Å². The number of likely N-dealkylation sites (N-methyl/N-ethyl adjacent to an activating group) is 1. The van der Waals surface area contributed by atoms with E-state index in [1.54, 1.807) is 32.2 Å². The van der Waals surface area contributed by atoms with Crippen LogP contribution in [0, 0.1) is 22.5 Å². The molecule has 0 saturated carbocycles. The molecular formula is C23H23N3O4. The van der Waals surface area contributed by atoms with Crippen LogP contribution in [0.5, 0.6) is 0 Å². The van der Waals surface area contributed by atoms with Crippen molar-refractivity contribution in [1.82, 2.24) is 9.80 Å². The lowest BCUT2D eigenvalue weighted by Gasteiger charge is -2.49. The Morgan fingerprint density at radius 1 is 1.13 bits per heavy atom. The van der Waals surface area contributed by atoms with Gasteiger partial charge in [0, 0.05) is 31.5 Å². The van der Waals surface area contributed by atoms with Crippen molar-refractivity contribution in [2.24, 2.45) is 0 Å². The summed E-state index contributed by atoms with van der Waals surface area (Å²) in [7, 11) is 1.57. The highest BCUT2D eigenvalue weighted by Crippen LogP contribution is 2.32. The summed E-state index contributed by atoms with van der Waals surface area (Å²) in [6, 6.07) is 14.8. The average Bonchev–Trinajstić information content (AvgIpc) is 2.74. The van der Waals surface area contributed by atoms with E-state index in [0.717, 1.165) is 5.56 Å². The molecule has 1 fully saturated rings. The Labute approximate surface area is 175 Å². The molecule has 0 aliphatic carbocycles. The first-order valence-electron chi connectivity index (χ1n) is 9.58. The normalized spacial score (nSPS) is 21.4. The predicted octanol–water partition coefficient (Wildman–Crippen LogP) is 2.44. The number of terminal acetylenes is 1. The van der Waals surface area contributed by atoms with Gasteiger partial charge in [-0.3, -0.25) is 19.7 Å². The molecule has 0 N–H and O–H groups in total. The van der Waals surface area contributed by atoms with Crippen LogP contribution in [0.25, 0.3) is 0 Å². The van der Waals surface area contributed by atoms with Crippen molar-refractivity contribution >= 4 is 17.5 Å². The van der Waals surface area contributed by atoms with E-state index >= 15 is 0 Å². The Morgan fingerprint density at radius 3 is 2.40 bits per heavy atom. The topological polar surface area (TPSA) is 83.8 Å². The van der Waals surface area contributed by atoms with Gasteiger partial charge in [0.05, 0.1) is 11.5 Å². The zero-order valence-electron chi connectivity index (χ0n) is 16.9. The minimum Gasteiger partial charge on any atom is -0.331 e. The van der Waals surface area contributed by atoms with Crippen LogP contribution in [0.15, 0.2) is 54.6 Å². The molecule has 2 aromatic carbocycles. The summed E-state index contributed by atoms with van der Waals surface area (Å²) in [4.78, 5) is 40.6. The highest BCUT2D eigenvalue weighted by molar-refractivity contribution is 6.00. The van der Waals surface area contributed by atoms with Gasteiger partial charge in [0.1, 0.15) is 11.6 Å². The first-order chi connectivity index (χ1) is 14.3. The van der Waals surface area contributed by atoms with E-state index in [4.69, 9.17) is 6.42 Å². The van der Waals surface area contributed by atoms with Crippen molar-refractivity contribution in [3.63, 3.8) is 0 Å². The Hall–Kier alpha value is -3.66. The molecule has 0 aromatic heterocycles. The van der Waals surface area contributed by atoms with Gasteiger partial charge in [-0.1, -0.05) is 54.5 Å². The van der Waals surface area contributed by atoms with E-state index in [1.165, 1.54) is 15.9 Å². The molecule has 30 heavy (non-hydrogen) atoms. The highest BCUT2D eigenvalue weighted by Gasteiger charge is 2.52. The summed E-state index contributed by atoms with van der Waals surface area (Å²) < 4.78 is 0. The van der Waals surface area contributed by atoms with Gasteiger partial charge in [-0.25, -0.2) is 0 Å². The summed E-state index contributed by atoms with van der Waals surface area (Å²) in [5.74, 6) is 1.93. The van der Waals surface area contributed by atoms with Gasteiger partial charge >= 0.3 is 0 Å². The predicted molar refractivity (Wildman–Crippen MR) is 112 cm³/mol. The number of carbonyl (C=O) groups is 2. The van der Waals surface area contributed by atoms with E-state index in [2.05, 4.69) is 5.92 Å². The smallest absolute Gasteiger partial charge is 0.272 e. The lowest BCUT2D eigenvalue weighted by molar-refractivity contribution is -0.385. The zero-order chi connectivity index (χ0) is 21.9. The first-order valence-corrected chi connectivity index (χ1v) is 9.58. The fraction of sp³-hybridized carbons (Fsp3) is 0.304. The van der Waals surface area contributed by atoms with Crippen LogP contribution in [0.4, 0.5) is 5.69 Å². The fourth-order valence-corrected chi connectivity index (χ4v) is 4.03. The maximum atomic E-state index is 13.4. The summed E-state index contributed by atoms with van der Waals surface area (Å²) in [5.41, 5.74) is 0.0902. The third-order valence-electron chi connectivity index (χ3n) is 5.64. The molecule has 7 heteroatoms. The molecule has 0 unspecified atom stereocenters. The molecule has 0 spiro atoms. The fourth-order valence-electron chi connectivity index (χ4n) is 4.03. The number of hydrogen-bond acceptors (Lipinski definition) is 4. The monoisotopic (exact) mass is 405 g/mol. The van der Waals surface area contributed by atoms with Crippen LogP contribution in [0.1, 0.15) is 18.1 Å². The number of benzene rings is 2. The van der Waals surface area contributed by atoms with Crippen LogP contribution in [0.3, 0.4) is 0 Å². The minimum absolute atomic E-state index is 0.0187. The molecule has 1 heterocycles. The summed E-state index contributed by atoms with van der Waals surface area (Å²) in [6.07, 6.45) is 5.88. The second-order valence-corrected chi connectivity index (χ2v) is 7.59. The number of nitro groups is 1. The van der Waals surface area contributed by atoms with Crippen molar-refractivity contribution < 1.29 is 14.5 Å². The summed E-state index contributed by atoms with van der Waals surface area (Å²) >= 11 is 0. The maximum absolute atomic E-state index is 13.4. The van der Waals surface area contributed by atoms with E-state index < -0.39 is 16.5 Å². The Morgan fingerprint density at radius 2 is 1.77 bits per heavy atom. The molecule has 0 radical (unpaired) electrons. The molecular weight excluding hydrogens is 382 g/mol. The van der Waals surface area contributed by atoms with E-state index in [1.807, 2.05) is 30.3 Å². The van der Waals surface area contributed by atoms with Gasteiger partial charge in [0.2, 0.25) is 11.8 Å². The van der Waals surface area contributed by atoms with Gasteiger partial charge in [0.15, 0.2) is 0 Å². The highest BCUT2D eigenvalue weighted by atomic mass is 16.6. The van der Waals surface area contributed by atoms with Gasteiger partial charge in [0.25, 0.3) is 5.69 Å². The second-order valence-electron chi connectivity index (χ2n) is 7.59. The van der Waals surface area contributed by atoms with Gasteiger partial charge in [-0.05, 0) is 12.5 Å². The van der Waals surface area contributed by atoms with Crippen molar-refractivity contribution in [3.8, 4) is 12.3 Å². The van der Waals surface area contributed by atoms with Crippen molar-refractivity contribution in [1.29, 1.82) is 0 Å². The number of para-hydroxylation sites is 1. The second kappa shape index (κ2) is 8.37. The number of hydrogen-bond donors (Lipinski definition) is 0. The molecule has 1 saturated heterocycles. The lowest BCUT2D eigenvalue weighted by atomic mass is 9.84. The Balaban J connectivity index is 1.97. The van der Waals surface area contributed by atoms with Crippen molar-refractivity contribution in [2.75, 3.05) is 13.6 Å². The van der Waals surface area contributed by atoms with Gasteiger partial charge in [-0.15, -0.1) is 6.42 Å². The summed E-state index contributed by atoms with van der Waals surface area (Å²) in [5, 5.41) is 11.4. The van der Waals surface area contributed by atoms with E-state index in [0.29, 0.717) is 12.0 Å². The quantitative estimate of drug-likeness (QED) is 0.420.